The molecular weight excluding hydrogens is 242 g/mol. The second-order valence-corrected chi connectivity index (χ2v) is 5.16. The van der Waals surface area contributed by atoms with Gasteiger partial charge in [0.1, 0.15) is 6.61 Å². The Morgan fingerprint density at radius 2 is 2.00 bits per heavy atom. The first kappa shape index (κ1) is 12.4. The van der Waals surface area contributed by atoms with E-state index in [1.807, 2.05) is 30.3 Å². The van der Waals surface area contributed by atoms with E-state index in [0.717, 1.165) is 31.7 Å². The van der Waals surface area contributed by atoms with Crippen molar-refractivity contribution in [2.45, 2.75) is 18.7 Å². The van der Waals surface area contributed by atoms with Crippen molar-refractivity contribution in [3.8, 4) is 0 Å². The molecule has 0 unspecified atom stereocenters. The van der Waals surface area contributed by atoms with E-state index in [1.165, 1.54) is 0 Å². The van der Waals surface area contributed by atoms with Gasteiger partial charge in [0, 0.05) is 38.3 Å². The average molecular weight is 261 g/mol. The highest BCUT2D eigenvalue weighted by molar-refractivity contribution is 5.68. The lowest BCUT2D eigenvalue weighted by molar-refractivity contribution is 0.0558. The van der Waals surface area contributed by atoms with Crippen LogP contribution in [0.15, 0.2) is 30.3 Å². The van der Waals surface area contributed by atoms with E-state index < -0.39 is 0 Å². The number of benzene rings is 1. The third-order valence-electron chi connectivity index (χ3n) is 3.60. The second kappa shape index (κ2) is 5.59. The zero-order chi connectivity index (χ0) is 13.1. The van der Waals surface area contributed by atoms with E-state index in [0.29, 0.717) is 18.7 Å². The average Bonchev–Trinajstić information content (AvgIpc) is 2.33. The summed E-state index contributed by atoms with van der Waals surface area (Å²) in [5, 5.41) is 6.72. The number of likely N-dealkylation sites (tertiary alicyclic amines) is 1. The molecule has 2 heterocycles. The first-order chi connectivity index (χ1) is 9.31. The molecule has 2 aliphatic heterocycles. The molecule has 0 atom stereocenters. The summed E-state index contributed by atoms with van der Waals surface area (Å²) < 4.78 is 5.27. The smallest absolute Gasteiger partial charge is 0.410 e. The Labute approximate surface area is 112 Å². The fraction of sp³-hybridized carbons (Fsp3) is 0.500. The summed E-state index contributed by atoms with van der Waals surface area (Å²) in [5.41, 5.74) is 1.02. The second-order valence-electron chi connectivity index (χ2n) is 5.16. The maximum absolute atomic E-state index is 11.8. The van der Waals surface area contributed by atoms with Crippen LogP contribution in [0.3, 0.4) is 0 Å². The minimum Gasteiger partial charge on any atom is -0.445 e. The molecule has 0 radical (unpaired) electrons. The van der Waals surface area contributed by atoms with Gasteiger partial charge in [-0.1, -0.05) is 30.3 Å². The van der Waals surface area contributed by atoms with Crippen LogP contribution in [0.2, 0.25) is 0 Å². The van der Waals surface area contributed by atoms with E-state index in [2.05, 4.69) is 10.6 Å². The van der Waals surface area contributed by atoms with Crippen LogP contribution in [0.25, 0.3) is 0 Å². The first-order valence-corrected chi connectivity index (χ1v) is 6.73. The monoisotopic (exact) mass is 261 g/mol. The predicted molar refractivity (Wildman–Crippen MR) is 71.8 cm³/mol. The van der Waals surface area contributed by atoms with Crippen molar-refractivity contribution in [2.24, 2.45) is 0 Å². The molecule has 0 spiro atoms. The molecule has 0 saturated carbocycles. The van der Waals surface area contributed by atoms with Crippen LogP contribution in [-0.2, 0) is 11.3 Å². The number of carbonyl (C=O) groups is 1. The van der Waals surface area contributed by atoms with Gasteiger partial charge in [-0.3, -0.25) is 0 Å². The van der Waals surface area contributed by atoms with Crippen molar-refractivity contribution in [3.05, 3.63) is 35.9 Å². The maximum atomic E-state index is 11.8. The number of ether oxygens (including phenoxy) is 1. The molecule has 19 heavy (non-hydrogen) atoms. The molecule has 0 aliphatic carbocycles. The normalized spacial score (nSPS) is 19.7. The van der Waals surface area contributed by atoms with Crippen LogP contribution in [0, 0.1) is 0 Å². The summed E-state index contributed by atoms with van der Waals surface area (Å²) in [4.78, 5) is 13.5. The largest absolute Gasteiger partial charge is 0.445 e. The summed E-state index contributed by atoms with van der Waals surface area (Å²) in [5.74, 6) is 0. The molecule has 2 saturated heterocycles. The fourth-order valence-electron chi connectivity index (χ4n) is 2.28. The van der Waals surface area contributed by atoms with E-state index in [-0.39, 0.29) is 6.09 Å². The Balaban J connectivity index is 1.35. The quantitative estimate of drug-likeness (QED) is 0.832. The molecular formula is C14H19N3O2. The van der Waals surface area contributed by atoms with E-state index in [4.69, 9.17) is 4.74 Å². The minimum atomic E-state index is -0.214. The van der Waals surface area contributed by atoms with Crippen LogP contribution >= 0.6 is 0 Å². The van der Waals surface area contributed by atoms with Gasteiger partial charge in [0.05, 0.1) is 0 Å². The van der Waals surface area contributed by atoms with Gasteiger partial charge in [0.15, 0.2) is 0 Å². The Morgan fingerprint density at radius 1 is 1.26 bits per heavy atom. The molecule has 5 nitrogen and oxygen atoms in total. The molecule has 2 N–H and O–H groups in total. The lowest BCUT2D eigenvalue weighted by Crippen LogP contribution is -2.67. The molecule has 102 valence electrons. The molecule has 1 aromatic carbocycles. The SMILES string of the molecule is O=C(OCc1ccccc1)N1CC(NC2CNC2)C1. The topological polar surface area (TPSA) is 53.6 Å². The Hall–Kier alpha value is -1.59. The number of nitrogens with zero attached hydrogens (tertiary/aromatic N) is 1. The predicted octanol–water partition coefficient (Wildman–Crippen LogP) is 0.569. The van der Waals surface area contributed by atoms with E-state index in [1.54, 1.807) is 4.90 Å². The number of amides is 1. The molecule has 1 amide bonds. The highest BCUT2D eigenvalue weighted by atomic mass is 16.6. The summed E-state index contributed by atoms with van der Waals surface area (Å²) in [6, 6.07) is 10.8. The van der Waals surface area contributed by atoms with Gasteiger partial charge in [-0.05, 0) is 5.56 Å². The van der Waals surface area contributed by atoms with Gasteiger partial charge in [-0.15, -0.1) is 0 Å². The summed E-state index contributed by atoms with van der Waals surface area (Å²) in [6.07, 6.45) is -0.214. The molecule has 5 heteroatoms. The molecule has 0 bridgehead atoms. The third kappa shape index (κ3) is 3.05. The lowest BCUT2D eigenvalue weighted by atomic mass is 10.1. The van der Waals surface area contributed by atoms with Crippen LogP contribution in [0.4, 0.5) is 4.79 Å². The number of hydrogen-bond donors (Lipinski definition) is 2. The van der Waals surface area contributed by atoms with Gasteiger partial charge < -0.3 is 20.3 Å². The Kier molecular flexibility index (Phi) is 3.66. The molecule has 3 rings (SSSR count). The summed E-state index contributed by atoms with van der Waals surface area (Å²) >= 11 is 0. The standard InChI is InChI=1S/C14H19N3O2/c18-14(19-10-11-4-2-1-3-5-11)17-8-13(9-17)16-12-6-15-7-12/h1-5,12-13,15-16H,6-10H2. The molecule has 0 aromatic heterocycles. The highest BCUT2D eigenvalue weighted by Crippen LogP contribution is 2.12. The van der Waals surface area contributed by atoms with E-state index in [9.17, 15) is 4.79 Å². The molecule has 2 fully saturated rings. The number of hydrogen-bond acceptors (Lipinski definition) is 4. The van der Waals surface area contributed by atoms with Crippen LogP contribution in [0.5, 0.6) is 0 Å². The number of nitrogens with one attached hydrogen (secondary N) is 2. The number of carbonyl (C=O) groups excluding carboxylic acids is 1. The van der Waals surface area contributed by atoms with Crippen LogP contribution in [-0.4, -0.2) is 49.3 Å². The van der Waals surface area contributed by atoms with Crippen LogP contribution in [0.1, 0.15) is 5.56 Å². The summed E-state index contributed by atoms with van der Waals surface area (Å²) in [6.45, 7) is 3.93. The third-order valence-corrected chi connectivity index (χ3v) is 3.60. The Morgan fingerprint density at radius 3 is 2.63 bits per heavy atom. The Bertz CT molecular complexity index is 428. The van der Waals surface area contributed by atoms with Gasteiger partial charge in [0.25, 0.3) is 0 Å². The van der Waals surface area contributed by atoms with Gasteiger partial charge >= 0.3 is 6.09 Å². The first-order valence-electron chi connectivity index (χ1n) is 6.73. The zero-order valence-corrected chi connectivity index (χ0v) is 10.8. The van der Waals surface area contributed by atoms with Crippen LogP contribution < -0.4 is 10.6 Å². The fourth-order valence-corrected chi connectivity index (χ4v) is 2.28. The van der Waals surface area contributed by atoms with Crippen molar-refractivity contribution < 1.29 is 9.53 Å². The zero-order valence-electron chi connectivity index (χ0n) is 10.8. The maximum Gasteiger partial charge on any atom is 0.410 e. The number of rotatable bonds is 4. The van der Waals surface area contributed by atoms with E-state index >= 15 is 0 Å². The van der Waals surface area contributed by atoms with Gasteiger partial charge in [-0.25, -0.2) is 4.79 Å². The highest BCUT2D eigenvalue weighted by Gasteiger charge is 2.33. The van der Waals surface area contributed by atoms with Crippen molar-refractivity contribution in [1.82, 2.24) is 15.5 Å². The molecule has 1 aromatic rings. The lowest BCUT2D eigenvalue weighted by Gasteiger charge is -2.42. The van der Waals surface area contributed by atoms with Crippen molar-refractivity contribution in [3.63, 3.8) is 0 Å². The van der Waals surface area contributed by atoms with Gasteiger partial charge in [-0.2, -0.15) is 0 Å². The van der Waals surface area contributed by atoms with Crippen molar-refractivity contribution in [2.75, 3.05) is 26.2 Å². The van der Waals surface area contributed by atoms with Gasteiger partial charge in [0.2, 0.25) is 0 Å². The minimum absolute atomic E-state index is 0.214. The molecule has 2 aliphatic rings. The summed E-state index contributed by atoms with van der Waals surface area (Å²) in [7, 11) is 0. The van der Waals surface area contributed by atoms with Crippen molar-refractivity contribution >= 4 is 6.09 Å². The van der Waals surface area contributed by atoms with Crippen molar-refractivity contribution in [1.29, 1.82) is 0 Å².